The largest absolute Gasteiger partial charge is 0.490 e. The van der Waals surface area contributed by atoms with Gasteiger partial charge in [-0.3, -0.25) is 4.79 Å². The molecule has 0 aliphatic heterocycles. The summed E-state index contributed by atoms with van der Waals surface area (Å²) in [5.74, 6) is -0.342. The Labute approximate surface area is 112 Å². The molecule has 1 rings (SSSR count). The van der Waals surface area contributed by atoms with Gasteiger partial charge in [-0.1, -0.05) is 0 Å². The maximum absolute atomic E-state index is 10.7. The Morgan fingerprint density at radius 2 is 2.18 bits per heavy atom. The van der Waals surface area contributed by atoms with Gasteiger partial charge >= 0.3 is 5.97 Å². The van der Waals surface area contributed by atoms with E-state index in [0.717, 1.165) is 0 Å². The average molecular weight is 350 g/mol. The Hall–Kier alpha value is -1.31. The van der Waals surface area contributed by atoms with Crippen LogP contribution in [0.2, 0.25) is 0 Å². The number of rotatable bonds is 6. The molecule has 0 radical (unpaired) electrons. The summed E-state index contributed by atoms with van der Waals surface area (Å²) in [6.07, 6.45) is 0.700. The van der Waals surface area contributed by atoms with E-state index in [1.165, 1.54) is 6.07 Å². The van der Waals surface area contributed by atoms with E-state index in [2.05, 4.69) is 0 Å². The Morgan fingerprint density at radius 1 is 1.47 bits per heavy atom. The normalized spacial score (nSPS) is 9.76. The third kappa shape index (κ3) is 3.88. The predicted molar refractivity (Wildman–Crippen MR) is 68.8 cm³/mol. The maximum Gasteiger partial charge on any atom is 0.341 e. The van der Waals surface area contributed by atoms with Crippen LogP contribution in [0.25, 0.3) is 0 Å². The van der Waals surface area contributed by atoms with E-state index in [0.29, 0.717) is 33.5 Å². The maximum atomic E-state index is 10.7. The molecule has 17 heavy (non-hydrogen) atoms. The summed E-state index contributed by atoms with van der Waals surface area (Å²) < 4.78 is 11.1. The fourth-order valence-corrected chi connectivity index (χ4v) is 1.97. The topological polar surface area (TPSA) is 72.8 Å². The molecule has 1 aromatic rings. The molecule has 0 saturated heterocycles. The summed E-state index contributed by atoms with van der Waals surface area (Å²) in [4.78, 5) is 21.2. The van der Waals surface area contributed by atoms with Crippen molar-refractivity contribution in [2.75, 3.05) is 13.2 Å². The minimum absolute atomic E-state index is 0.348. The van der Waals surface area contributed by atoms with E-state index in [4.69, 9.17) is 14.6 Å². The number of carbonyl (C=O) groups excluding carboxylic acids is 1. The Balaban J connectivity index is 3.06. The molecule has 1 N–H and O–H groups in total. The molecule has 6 heteroatoms. The van der Waals surface area contributed by atoms with Gasteiger partial charge in [0.25, 0.3) is 0 Å². The van der Waals surface area contributed by atoms with Crippen LogP contribution >= 0.6 is 22.6 Å². The number of ether oxygens (including phenoxy) is 2. The van der Waals surface area contributed by atoms with E-state index >= 15 is 0 Å². The quantitative estimate of drug-likeness (QED) is 0.627. The molecule has 0 amide bonds. The lowest BCUT2D eigenvalue weighted by atomic mass is 10.2. The summed E-state index contributed by atoms with van der Waals surface area (Å²) in [5, 5.41) is 8.56. The number of hydrogen-bond acceptors (Lipinski definition) is 4. The zero-order chi connectivity index (χ0) is 12.8. The molecule has 5 nitrogen and oxygen atoms in total. The molecule has 0 aliphatic rings. The summed E-state index contributed by atoms with van der Waals surface area (Å²) >= 11 is 1.96. The number of halogens is 1. The lowest BCUT2D eigenvalue weighted by Gasteiger charge is -2.12. The fourth-order valence-electron chi connectivity index (χ4n) is 1.19. The third-order valence-corrected chi connectivity index (χ3v) is 2.61. The Kier molecular flexibility index (Phi) is 5.20. The van der Waals surface area contributed by atoms with Crippen LogP contribution in [0, 0.1) is 3.57 Å². The molecule has 0 aliphatic carbocycles. The average Bonchev–Trinajstić information content (AvgIpc) is 2.27. The molecular weight excluding hydrogens is 339 g/mol. The first kappa shape index (κ1) is 13.8. The summed E-state index contributed by atoms with van der Waals surface area (Å²) in [6.45, 7) is 1.75. The number of benzene rings is 1. The van der Waals surface area contributed by atoms with Gasteiger partial charge < -0.3 is 14.6 Å². The molecule has 0 spiro atoms. The highest BCUT2D eigenvalue weighted by Gasteiger charge is 2.13. The lowest BCUT2D eigenvalue weighted by Crippen LogP contribution is -2.11. The van der Waals surface area contributed by atoms with Crippen LogP contribution in [0.3, 0.4) is 0 Å². The van der Waals surface area contributed by atoms with Gasteiger partial charge in [0.15, 0.2) is 18.1 Å². The van der Waals surface area contributed by atoms with Crippen molar-refractivity contribution in [1.29, 1.82) is 0 Å². The molecule has 92 valence electrons. The highest BCUT2D eigenvalue weighted by Crippen LogP contribution is 2.33. The van der Waals surface area contributed by atoms with Crippen molar-refractivity contribution in [3.63, 3.8) is 0 Å². The van der Waals surface area contributed by atoms with E-state index in [1.807, 2.05) is 22.6 Å². The molecule has 1 aromatic carbocycles. The smallest absolute Gasteiger partial charge is 0.341 e. The fraction of sp³-hybridized carbons (Fsp3) is 0.273. The van der Waals surface area contributed by atoms with Gasteiger partial charge in [0.2, 0.25) is 0 Å². The lowest BCUT2D eigenvalue weighted by molar-refractivity contribution is -0.139. The molecule has 0 unspecified atom stereocenters. The summed E-state index contributed by atoms with van der Waals surface area (Å²) in [6, 6.07) is 3.13. The van der Waals surface area contributed by atoms with Crippen molar-refractivity contribution < 1.29 is 24.2 Å². The molecule has 0 aromatic heterocycles. The van der Waals surface area contributed by atoms with Crippen LogP contribution in [0.1, 0.15) is 17.3 Å². The van der Waals surface area contributed by atoms with E-state index in [1.54, 1.807) is 13.0 Å². The molecule has 0 atom stereocenters. The molecule has 0 saturated carbocycles. The van der Waals surface area contributed by atoms with Crippen molar-refractivity contribution in [3.8, 4) is 11.5 Å². The Morgan fingerprint density at radius 3 is 2.71 bits per heavy atom. The van der Waals surface area contributed by atoms with Crippen LogP contribution in [-0.2, 0) is 4.79 Å². The zero-order valence-electron chi connectivity index (χ0n) is 9.10. The van der Waals surface area contributed by atoms with Gasteiger partial charge in [-0.15, -0.1) is 0 Å². The SMILES string of the molecule is CCOc1cc(C=O)cc(I)c1OCC(=O)O. The van der Waals surface area contributed by atoms with Crippen LogP contribution in [0.15, 0.2) is 12.1 Å². The summed E-state index contributed by atoms with van der Waals surface area (Å²) in [5.41, 5.74) is 0.459. The first-order valence-corrected chi connectivity index (χ1v) is 5.92. The van der Waals surface area contributed by atoms with Crippen LogP contribution < -0.4 is 9.47 Å². The van der Waals surface area contributed by atoms with Gasteiger partial charge in [0, 0.05) is 5.56 Å². The molecule has 0 fully saturated rings. The van der Waals surface area contributed by atoms with Crippen LogP contribution in [0.5, 0.6) is 11.5 Å². The van der Waals surface area contributed by atoms with Crippen molar-refractivity contribution in [2.45, 2.75) is 6.92 Å². The van der Waals surface area contributed by atoms with Crippen molar-refractivity contribution in [3.05, 3.63) is 21.3 Å². The van der Waals surface area contributed by atoms with Crippen LogP contribution in [-0.4, -0.2) is 30.6 Å². The Bertz CT molecular complexity index is 430. The molecule has 0 heterocycles. The van der Waals surface area contributed by atoms with Gasteiger partial charge in [-0.25, -0.2) is 4.79 Å². The van der Waals surface area contributed by atoms with Gasteiger partial charge in [0.1, 0.15) is 6.29 Å². The number of carboxylic acids is 1. The van der Waals surface area contributed by atoms with Gasteiger partial charge in [0.05, 0.1) is 10.2 Å². The number of hydrogen-bond donors (Lipinski definition) is 1. The van der Waals surface area contributed by atoms with Crippen molar-refractivity contribution in [1.82, 2.24) is 0 Å². The third-order valence-electron chi connectivity index (χ3n) is 1.81. The molecule has 0 bridgehead atoms. The minimum atomic E-state index is -1.07. The zero-order valence-corrected chi connectivity index (χ0v) is 11.3. The second-order valence-corrected chi connectivity index (χ2v) is 4.23. The van der Waals surface area contributed by atoms with E-state index < -0.39 is 12.6 Å². The number of carboxylic acid groups (broad SMARTS) is 1. The van der Waals surface area contributed by atoms with Crippen molar-refractivity contribution in [2.24, 2.45) is 0 Å². The standard InChI is InChI=1S/C11H11IO5/c1-2-16-9-4-7(5-13)3-8(12)11(9)17-6-10(14)15/h3-5H,2,6H2,1H3,(H,14,15). The second-order valence-electron chi connectivity index (χ2n) is 3.06. The number of carbonyl (C=O) groups is 2. The van der Waals surface area contributed by atoms with Gasteiger partial charge in [-0.05, 0) is 41.6 Å². The first-order chi connectivity index (χ1) is 8.08. The number of aldehydes is 1. The minimum Gasteiger partial charge on any atom is -0.490 e. The van der Waals surface area contributed by atoms with Crippen molar-refractivity contribution >= 4 is 34.8 Å². The van der Waals surface area contributed by atoms with Crippen LogP contribution in [0.4, 0.5) is 0 Å². The highest BCUT2D eigenvalue weighted by atomic mass is 127. The van der Waals surface area contributed by atoms with E-state index in [9.17, 15) is 9.59 Å². The molecular formula is C11H11IO5. The van der Waals surface area contributed by atoms with E-state index in [-0.39, 0.29) is 0 Å². The second kappa shape index (κ2) is 6.43. The highest BCUT2D eigenvalue weighted by molar-refractivity contribution is 14.1. The predicted octanol–water partition coefficient (Wildman–Crippen LogP) is 1.97. The number of aliphatic carboxylic acids is 1. The monoisotopic (exact) mass is 350 g/mol. The van der Waals surface area contributed by atoms with Gasteiger partial charge in [-0.2, -0.15) is 0 Å². The summed E-state index contributed by atoms with van der Waals surface area (Å²) in [7, 11) is 0. The first-order valence-electron chi connectivity index (χ1n) is 4.84.